The van der Waals surface area contributed by atoms with Crippen molar-refractivity contribution in [2.75, 3.05) is 6.16 Å². The molecule has 2 heterocycles. The zero-order valence-electron chi connectivity index (χ0n) is 11.6. The van der Waals surface area contributed by atoms with Crippen LogP contribution in [-0.4, -0.2) is 35.5 Å². The number of hydrogen-bond donors (Lipinski definition) is 3. The molecule has 0 atom stereocenters. The molecule has 0 saturated heterocycles. The standard InChI is InChI=1S/C12H19N4O4P/c17-12-10-11(13-8-14-12)16(9-15-10)6-4-2-1-3-5-7-21(18,19)20/h8-9H,1-7H2,(H,13,14,17)(H2,18,19,20). The minimum absolute atomic E-state index is 0.0359. The van der Waals surface area contributed by atoms with Crippen LogP contribution < -0.4 is 5.56 Å². The zero-order valence-corrected chi connectivity index (χ0v) is 12.5. The number of fused-ring (bicyclic) bond motifs is 1. The van der Waals surface area contributed by atoms with Gasteiger partial charge in [-0.2, -0.15) is 0 Å². The Balaban J connectivity index is 1.72. The highest BCUT2D eigenvalue weighted by Gasteiger charge is 2.11. The molecule has 0 aliphatic heterocycles. The van der Waals surface area contributed by atoms with Gasteiger partial charge in [-0.1, -0.05) is 19.3 Å². The second-order valence-electron chi connectivity index (χ2n) is 5.00. The predicted molar refractivity (Wildman–Crippen MR) is 78.1 cm³/mol. The van der Waals surface area contributed by atoms with E-state index in [9.17, 15) is 9.36 Å². The molecule has 0 aromatic carbocycles. The van der Waals surface area contributed by atoms with Crippen LogP contribution in [0.4, 0.5) is 0 Å². The molecular weight excluding hydrogens is 295 g/mol. The molecule has 0 radical (unpaired) electrons. The fourth-order valence-electron chi connectivity index (χ4n) is 2.19. The number of nitrogens with zero attached hydrogens (tertiary/aromatic N) is 3. The highest BCUT2D eigenvalue weighted by molar-refractivity contribution is 7.51. The van der Waals surface area contributed by atoms with Crippen LogP contribution in [-0.2, 0) is 11.1 Å². The number of unbranched alkanes of at least 4 members (excludes halogenated alkanes) is 4. The van der Waals surface area contributed by atoms with E-state index in [4.69, 9.17) is 9.79 Å². The average molecular weight is 314 g/mol. The van der Waals surface area contributed by atoms with Crippen molar-refractivity contribution < 1.29 is 14.4 Å². The molecule has 0 aliphatic rings. The Labute approximate surface area is 121 Å². The van der Waals surface area contributed by atoms with Crippen molar-refractivity contribution in [3.8, 4) is 0 Å². The van der Waals surface area contributed by atoms with Gasteiger partial charge in [0.05, 0.1) is 12.7 Å². The lowest BCUT2D eigenvalue weighted by Crippen LogP contribution is -2.07. The topological polar surface area (TPSA) is 121 Å². The number of rotatable bonds is 8. The number of aromatic nitrogens is 4. The van der Waals surface area contributed by atoms with Crippen LogP contribution in [0.15, 0.2) is 17.4 Å². The molecule has 2 aromatic rings. The summed E-state index contributed by atoms with van der Waals surface area (Å²) in [4.78, 5) is 39.6. The van der Waals surface area contributed by atoms with Gasteiger partial charge in [-0.25, -0.2) is 9.97 Å². The first-order valence-corrected chi connectivity index (χ1v) is 8.70. The van der Waals surface area contributed by atoms with E-state index in [0.29, 0.717) is 17.6 Å². The van der Waals surface area contributed by atoms with Gasteiger partial charge in [0, 0.05) is 12.7 Å². The van der Waals surface area contributed by atoms with Crippen LogP contribution in [0.3, 0.4) is 0 Å². The number of aromatic amines is 1. The molecule has 2 aromatic heterocycles. The lowest BCUT2D eigenvalue weighted by Gasteiger charge is -2.05. The molecule has 2 rings (SSSR count). The van der Waals surface area contributed by atoms with Crippen LogP contribution in [0.5, 0.6) is 0 Å². The Hall–Kier alpha value is -1.50. The van der Waals surface area contributed by atoms with Gasteiger partial charge in [0.15, 0.2) is 11.2 Å². The van der Waals surface area contributed by atoms with Crippen molar-refractivity contribution in [1.82, 2.24) is 19.5 Å². The van der Waals surface area contributed by atoms with Gasteiger partial charge < -0.3 is 19.3 Å². The molecule has 8 nitrogen and oxygen atoms in total. The SMILES string of the molecule is O=c1[nH]cnc2c1ncn2CCCCCCCP(=O)(O)O. The second-order valence-corrected chi connectivity index (χ2v) is 6.77. The monoisotopic (exact) mass is 314 g/mol. The number of H-pyrrole nitrogens is 1. The summed E-state index contributed by atoms with van der Waals surface area (Å²) in [6.45, 7) is 0.728. The van der Waals surface area contributed by atoms with Crippen LogP contribution in [0, 0.1) is 0 Å². The van der Waals surface area contributed by atoms with E-state index in [0.717, 1.165) is 32.2 Å². The first-order valence-electron chi connectivity index (χ1n) is 6.90. The summed E-state index contributed by atoms with van der Waals surface area (Å²) >= 11 is 0. The van der Waals surface area contributed by atoms with Crippen molar-refractivity contribution in [2.45, 2.75) is 38.6 Å². The maximum Gasteiger partial charge on any atom is 0.325 e. The Bertz CT molecular complexity index is 690. The molecule has 0 saturated carbocycles. The van der Waals surface area contributed by atoms with Crippen LogP contribution in [0.25, 0.3) is 11.2 Å². The summed E-state index contributed by atoms with van der Waals surface area (Å²) in [5.41, 5.74) is 0.690. The smallest absolute Gasteiger partial charge is 0.324 e. The Morgan fingerprint density at radius 3 is 2.62 bits per heavy atom. The van der Waals surface area contributed by atoms with E-state index in [1.165, 1.54) is 6.33 Å². The minimum Gasteiger partial charge on any atom is -0.324 e. The summed E-state index contributed by atoms with van der Waals surface area (Å²) < 4.78 is 12.5. The Morgan fingerprint density at radius 1 is 1.14 bits per heavy atom. The van der Waals surface area contributed by atoms with E-state index in [1.807, 2.05) is 4.57 Å². The molecule has 21 heavy (non-hydrogen) atoms. The fraction of sp³-hybridized carbons (Fsp3) is 0.583. The minimum atomic E-state index is -3.85. The van der Waals surface area contributed by atoms with Crippen molar-refractivity contribution >= 4 is 18.8 Å². The number of imidazole rings is 1. The van der Waals surface area contributed by atoms with Crippen molar-refractivity contribution in [1.29, 1.82) is 0 Å². The molecule has 9 heteroatoms. The molecule has 3 N–H and O–H groups in total. The van der Waals surface area contributed by atoms with E-state index in [1.54, 1.807) is 6.33 Å². The first kappa shape index (κ1) is 15.9. The molecule has 0 aliphatic carbocycles. The van der Waals surface area contributed by atoms with Crippen molar-refractivity contribution in [2.24, 2.45) is 0 Å². The van der Waals surface area contributed by atoms with Crippen LogP contribution in [0.2, 0.25) is 0 Å². The number of nitrogens with one attached hydrogen (secondary N) is 1. The van der Waals surface area contributed by atoms with Crippen LogP contribution in [0.1, 0.15) is 32.1 Å². The fourth-order valence-corrected chi connectivity index (χ4v) is 2.82. The Kier molecular flexibility index (Phi) is 5.27. The largest absolute Gasteiger partial charge is 0.325 e. The predicted octanol–water partition coefficient (Wildman–Crippen LogP) is 1.25. The molecule has 0 amide bonds. The third-order valence-corrected chi connectivity index (χ3v) is 4.15. The third-order valence-electron chi connectivity index (χ3n) is 3.26. The maximum absolute atomic E-state index is 11.5. The van der Waals surface area contributed by atoms with Crippen molar-refractivity contribution in [3.63, 3.8) is 0 Å². The van der Waals surface area contributed by atoms with E-state index >= 15 is 0 Å². The van der Waals surface area contributed by atoms with E-state index in [-0.39, 0.29) is 11.7 Å². The molecule has 0 unspecified atom stereocenters. The molecule has 0 fully saturated rings. The molecule has 0 bridgehead atoms. The van der Waals surface area contributed by atoms with E-state index < -0.39 is 7.60 Å². The summed E-state index contributed by atoms with van der Waals surface area (Å²) in [5.74, 6) is 0. The lowest BCUT2D eigenvalue weighted by atomic mass is 10.1. The van der Waals surface area contributed by atoms with Gasteiger partial charge in [0.25, 0.3) is 5.56 Å². The summed E-state index contributed by atoms with van der Waals surface area (Å²) in [6, 6.07) is 0. The highest BCUT2D eigenvalue weighted by atomic mass is 31.2. The zero-order chi connectivity index (χ0) is 15.3. The first-order chi connectivity index (χ1) is 9.97. The molecular formula is C12H19N4O4P. The van der Waals surface area contributed by atoms with Crippen LogP contribution >= 0.6 is 7.60 Å². The van der Waals surface area contributed by atoms with Gasteiger partial charge >= 0.3 is 7.60 Å². The third kappa shape index (κ3) is 4.77. The quantitative estimate of drug-likeness (QED) is 0.498. The molecule has 116 valence electrons. The Morgan fingerprint density at radius 2 is 1.86 bits per heavy atom. The van der Waals surface area contributed by atoms with Gasteiger partial charge in [0.2, 0.25) is 0 Å². The summed E-state index contributed by atoms with van der Waals surface area (Å²) in [7, 11) is -3.85. The number of aryl methyl sites for hydroxylation is 1. The van der Waals surface area contributed by atoms with Gasteiger partial charge in [-0.15, -0.1) is 0 Å². The average Bonchev–Trinajstić information content (AvgIpc) is 2.81. The summed E-state index contributed by atoms with van der Waals surface area (Å²) in [6.07, 6.45) is 7.11. The van der Waals surface area contributed by atoms with Gasteiger partial charge in [0.1, 0.15) is 0 Å². The maximum atomic E-state index is 11.5. The normalized spacial score (nSPS) is 12.1. The van der Waals surface area contributed by atoms with Gasteiger partial charge in [-0.3, -0.25) is 9.36 Å². The van der Waals surface area contributed by atoms with E-state index in [2.05, 4.69) is 15.0 Å². The van der Waals surface area contributed by atoms with Gasteiger partial charge in [-0.05, 0) is 12.8 Å². The van der Waals surface area contributed by atoms with Crippen molar-refractivity contribution in [3.05, 3.63) is 23.0 Å². The highest BCUT2D eigenvalue weighted by Crippen LogP contribution is 2.35. The lowest BCUT2D eigenvalue weighted by molar-refractivity contribution is 0.370. The summed E-state index contributed by atoms with van der Waals surface area (Å²) in [5, 5.41) is 0. The number of hydrogen-bond acceptors (Lipinski definition) is 4. The second kappa shape index (κ2) is 6.98. The molecule has 0 spiro atoms.